The van der Waals surface area contributed by atoms with E-state index in [4.69, 9.17) is 6.57 Å². The number of hydrogen-bond donors (Lipinski definition) is 0. The van der Waals surface area contributed by atoms with Gasteiger partial charge in [0.15, 0.2) is 0 Å². The first-order chi connectivity index (χ1) is 8.55. The molecule has 0 spiro atoms. The van der Waals surface area contributed by atoms with Gasteiger partial charge in [-0.25, -0.2) is 15.0 Å². The van der Waals surface area contributed by atoms with Gasteiger partial charge < -0.3 is 0 Å². The lowest BCUT2D eigenvalue weighted by molar-refractivity contribution is 0.520. The number of rotatable bonds is 3. The molecule has 96 valence electrons. The minimum Gasteiger partial charge on any atom is -0.296 e. The highest BCUT2D eigenvalue weighted by molar-refractivity contribution is 7.92. The average molecular weight is 263 g/mol. The summed E-state index contributed by atoms with van der Waals surface area (Å²) in [6, 6.07) is 6.78. The van der Waals surface area contributed by atoms with Crippen molar-refractivity contribution in [2.75, 3.05) is 0 Å². The Morgan fingerprint density at radius 1 is 1.22 bits per heavy atom. The molecule has 0 N–H and O–H groups in total. The molecule has 0 unspecified atom stereocenters. The third kappa shape index (κ3) is 2.41. The first kappa shape index (κ1) is 13.1. The van der Waals surface area contributed by atoms with Crippen molar-refractivity contribution in [3.63, 3.8) is 0 Å². The summed E-state index contributed by atoms with van der Waals surface area (Å²) in [4.78, 5) is 3.68. The van der Waals surface area contributed by atoms with E-state index in [-0.39, 0.29) is 10.8 Å². The largest absolute Gasteiger partial charge is 0.327 e. The highest BCUT2D eigenvalue weighted by Crippen LogP contribution is 2.34. The zero-order chi connectivity index (χ0) is 13.2. The van der Waals surface area contributed by atoms with E-state index in [9.17, 15) is 8.42 Å². The molecule has 1 aromatic rings. The lowest BCUT2D eigenvalue weighted by atomic mass is 10.1. The van der Waals surface area contributed by atoms with Crippen molar-refractivity contribution in [1.82, 2.24) is 0 Å². The standard InChI is InChI=1S/C14H17NO2S/c1-11-7-9-13(10-8-11)18(16,17)14(15-2)12-5-3-4-6-12/h7-10,12,14H,3-6H2,1H3/t14-/m1/s1. The fourth-order valence-corrected chi connectivity index (χ4v) is 4.25. The van der Waals surface area contributed by atoms with Gasteiger partial charge in [0, 0.05) is 5.92 Å². The fraction of sp³-hybridized carbons (Fsp3) is 0.500. The van der Waals surface area contributed by atoms with E-state index >= 15 is 0 Å². The third-order valence-electron chi connectivity index (χ3n) is 3.60. The first-order valence-corrected chi connectivity index (χ1v) is 7.77. The van der Waals surface area contributed by atoms with Gasteiger partial charge in [0.05, 0.1) is 4.90 Å². The summed E-state index contributed by atoms with van der Waals surface area (Å²) in [5, 5.41) is -0.900. The molecule has 3 nitrogen and oxygen atoms in total. The molecule has 1 atom stereocenters. The van der Waals surface area contributed by atoms with Crippen molar-refractivity contribution in [2.24, 2.45) is 5.92 Å². The third-order valence-corrected chi connectivity index (χ3v) is 5.65. The van der Waals surface area contributed by atoms with Crippen LogP contribution in [0.15, 0.2) is 29.2 Å². The molecule has 4 heteroatoms. The second-order valence-corrected chi connectivity index (χ2v) is 6.97. The molecule has 1 aliphatic carbocycles. The predicted octanol–water partition coefficient (Wildman–Crippen LogP) is 3.20. The average Bonchev–Trinajstić information content (AvgIpc) is 2.84. The van der Waals surface area contributed by atoms with Crippen LogP contribution in [0.25, 0.3) is 4.85 Å². The summed E-state index contributed by atoms with van der Waals surface area (Å²) in [6.07, 6.45) is 3.80. The van der Waals surface area contributed by atoms with Crippen LogP contribution in [0.3, 0.4) is 0 Å². The van der Waals surface area contributed by atoms with Crippen molar-refractivity contribution in [3.05, 3.63) is 41.2 Å². The molecule has 2 rings (SSSR count). The minimum atomic E-state index is -3.51. The van der Waals surface area contributed by atoms with Crippen LogP contribution in [0.2, 0.25) is 0 Å². The topological polar surface area (TPSA) is 38.5 Å². The highest BCUT2D eigenvalue weighted by atomic mass is 32.2. The van der Waals surface area contributed by atoms with Gasteiger partial charge in [-0.3, -0.25) is 4.85 Å². The van der Waals surface area contributed by atoms with E-state index in [2.05, 4.69) is 4.85 Å². The van der Waals surface area contributed by atoms with Crippen LogP contribution in [0, 0.1) is 19.4 Å². The Hall–Kier alpha value is -1.34. The van der Waals surface area contributed by atoms with Gasteiger partial charge in [0.1, 0.15) is 0 Å². The van der Waals surface area contributed by atoms with Crippen LogP contribution in [0.5, 0.6) is 0 Å². The maximum absolute atomic E-state index is 12.4. The second-order valence-electron chi connectivity index (χ2n) is 4.92. The van der Waals surface area contributed by atoms with E-state index in [1.165, 1.54) is 0 Å². The Balaban J connectivity index is 2.34. The minimum absolute atomic E-state index is 0.00815. The van der Waals surface area contributed by atoms with Crippen molar-refractivity contribution >= 4 is 9.84 Å². The van der Waals surface area contributed by atoms with Crippen LogP contribution in [-0.2, 0) is 9.84 Å². The Bertz CT molecular complexity index is 548. The smallest absolute Gasteiger partial charge is 0.296 e. The molecule has 0 bridgehead atoms. The van der Waals surface area contributed by atoms with Crippen LogP contribution in [0.1, 0.15) is 31.2 Å². The van der Waals surface area contributed by atoms with Gasteiger partial charge in [-0.2, -0.15) is 0 Å². The van der Waals surface area contributed by atoms with Gasteiger partial charge in [0.2, 0.25) is 0 Å². The van der Waals surface area contributed by atoms with Crippen molar-refractivity contribution in [2.45, 2.75) is 42.9 Å². The first-order valence-electron chi connectivity index (χ1n) is 6.23. The van der Waals surface area contributed by atoms with Crippen molar-refractivity contribution in [3.8, 4) is 0 Å². The van der Waals surface area contributed by atoms with Crippen LogP contribution in [-0.4, -0.2) is 13.8 Å². The van der Waals surface area contributed by atoms with E-state index in [1.807, 2.05) is 6.92 Å². The monoisotopic (exact) mass is 263 g/mol. The van der Waals surface area contributed by atoms with Gasteiger partial charge >= 0.3 is 5.37 Å². The van der Waals surface area contributed by atoms with Gasteiger partial charge in [0.25, 0.3) is 9.84 Å². The SMILES string of the molecule is [C-]#[N+][C@@H](C1CCCC1)S(=O)(=O)c1ccc(C)cc1. The van der Waals surface area contributed by atoms with Crippen molar-refractivity contribution < 1.29 is 8.42 Å². The lowest BCUT2D eigenvalue weighted by Gasteiger charge is -2.13. The molecule has 1 saturated carbocycles. The molecule has 1 fully saturated rings. The zero-order valence-corrected chi connectivity index (χ0v) is 11.3. The van der Waals surface area contributed by atoms with E-state index < -0.39 is 15.2 Å². The molecule has 0 saturated heterocycles. The number of hydrogen-bond acceptors (Lipinski definition) is 2. The number of aryl methyl sites for hydroxylation is 1. The Morgan fingerprint density at radius 2 is 1.78 bits per heavy atom. The van der Waals surface area contributed by atoms with Gasteiger partial charge in [-0.15, -0.1) is 0 Å². The lowest BCUT2D eigenvalue weighted by Crippen LogP contribution is -2.25. The van der Waals surface area contributed by atoms with Crippen molar-refractivity contribution in [1.29, 1.82) is 0 Å². The molecule has 0 amide bonds. The number of benzene rings is 1. The molecule has 0 heterocycles. The van der Waals surface area contributed by atoms with E-state index in [0.717, 1.165) is 31.2 Å². The highest BCUT2D eigenvalue weighted by Gasteiger charge is 2.41. The number of nitrogens with zero attached hydrogens (tertiary/aromatic N) is 1. The summed E-state index contributed by atoms with van der Waals surface area (Å²) in [7, 11) is -3.51. The molecule has 0 radical (unpaired) electrons. The Morgan fingerprint density at radius 3 is 2.28 bits per heavy atom. The van der Waals surface area contributed by atoms with Gasteiger partial charge in [-0.05, 0) is 31.9 Å². The molecular weight excluding hydrogens is 246 g/mol. The van der Waals surface area contributed by atoms with Gasteiger partial charge in [-0.1, -0.05) is 30.5 Å². The Kier molecular flexibility index (Phi) is 3.72. The second kappa shape index (κ2) is 5.11. The summed E-state index contributed by atoms with van der Waals surface area (Å²) < 4.78 is 24.9. The normalized spacial score (nSPS) is 18.4. The summed E-state index contributed by atoms with van der Waals surface area (Å²) >= 11 is 0. The Labute approximate surface area is 109 Å². The molecule has 0 aliphatic heterocycles. The maximum atomic E-state index is 12.4. The van der Waals surface area contributed by atoms with Crippen LogP contribution < -0.4 is 0 Å². The van der Waals surface area contributed by atoms with Crippen LogP contribution in [0.4, 0.5) is 0 Å². The number of sulfone groups is 1. The zero-order valence-electron chi connectivity index (χ0n) is 10.5. The fourth-order valence-electron chi connectivity index (χ4n) is 2.54. The maximum Gasteiger partial charge on any atom is 0.327 e. The molecular formula is C14H17NO2S. The molecule has 0 aromatic heterocycles. The van der Waals surface area contributed by atoms with Crippen LogP contribution >= 0.6 is 0 Å². The summed E-state index contributed by atoms with van der Waals surface area (Å²) in [6.45, 7) is 9.13. The summed E-state index contributed by atoms with van der Waals surface area (Å²) in [5.74, 6) is 0.00815. The van der Waals surface area contributed by atoms with E-state index in [1.54, 1.807) is 24.3 Å². The summed E-state index contributed by atoms with van der Waals surface area (Å²) in [5.41, 5.74) is 1.02. The predicted molar refractivity (Wildman–Crippen MR) is 70.7 cm³/mol. The quantitative estimate of drug-likeness (QED) is 0.785. The molecule has 1 aromatic carbocycles. The van der Waals surface area contributed by atoms with E-state index in [0.29, 0.717) is 0 Å². The molecule has 1 aliphatic rings. The molecule has 18 heavy (non-hydrogen) atoms.